The molecular weight excluding hydrogens is 339 g/mol. The van der Waals surface area contributed by atoms with E-state index in [2.05, 4.69) is 0 Å². The molecule has 2 aromatic carbocycles. The second kappa shape index (κ2) is 6.39. The Balaban J connectivity index is 2.17. The van der Waals surface area contributed by atoms with Gasteiger partial charge in [-0.2, -0.15) is 0 Å². The summed E-state index contributed by atoms with van der Waals surface area (Å²) in [6.45, 7) is 0.114. The van der Waals surface area contributed by atoms with Crippen molar-refractivity contribution in [3.05, 3.63) is 61.1 Å². The number of anilines is 1. The molecule has 0 radical (unpaired) electrons. The molecule has 0 aliphatic rings. The first kappa shape index (κ1) is 15.7. The predicted molar refractivity (Wildman–Crippen MR) is 83.3 cm³/mol. The van der Waals surface area contributed by atoms with Crippen molar-refractivity contribution in [2.75, 3.05) is 5.73 Å². The topological polar surface area (TPSA) is 78.4 Å². The predicted octanol–water partition coefficient (Wildman–Crippen LogP) is 4.72. The molecule has 2 rings (SSSR count). The van der Waals surface area contributed by atoms with Gasteiger partial charge >= 0.3 is 0 Å². The maximum absolute atomic E-state index is 10.7. The summed E-state index contributed by atoms with van der Waals surface area (Å²) >= 11 is 17.8. The monoisotopic (exact) mass is 346 g/mol. The van der Waals surface area contributed by atoms with E-state index in [4.69, 9.17) is 45.3 Å². The number of nitrogens with two attached hydrogens (primary N) is 1. The van der Waals surface area contributed by atoms with Gasteiger partial charge in [-0.25, -0.2) is 0 Å². The van der Waals surface area contributed by atoms with Crippen molar-refractivity contribution < 1.29 is 9.66 Å². The molecule has 0 heterocycles. The highest BCUT2D eigenvalue weighted by atomic mass is 35.5. The first-order chi connectivity index (χ1) is 9.88. The van der Waals surface area contributed by atoms with Crippen molar-refractivity contribution >= 4 is 46.2 Å². The fourth-order valence-electron chi connectivity index (χ4n) is 1.68. The number of nitro benzene ring substituents is 1. The normalized spacial score (nSPS) is 10.4. The fourth-order valence-corrected chi connectivity index (χ4v) is 2.61. The lowest BCUT2D eigenvalue weighted by Crippen LogP contribution is -2.00. The lowest BCUT2D eigenvalue weighted by Gasteiger charge is -2.10. The van der Waals surface area contributed by atoms with Crippen molar-refractivity contribution in [2.24, 2.45) is 0 Å². The lowest BCUT2D eigenvalue weighted by atomic mass is 10.2. The molecule has 0 atom stereocenters. The highest BCUT2D eigenvalue weighted by Gasteiger charge is 2.13. The minimum absolute atomic E-state index is 0.0643. The number of nitrogens with zero attached hydrogens (tertiary/aromatic N) is 1. The molecule has 0 fully saturated rings. The van der Waals surface area contributed by atoms with E-state index in [1.54, 1.807) is 6.07 Å². The lowest BCUT2D eigenvalue weighted by molar-refractivity contribution is -0.383. The van der Waals surface area contributed by atoms with Crippen LogP contribution in [0, 0.1) is 10.1 Å². The molecule has 0 aromatic heterocycles. The smallest absolute Gasteiger partial charge is 0.292 e. The van der Waals surface area contributed by atoms with Crippen LogP contribution in [-0.2, 0) is 6.61 Å². The third-order valence-corrected chi connectivity index (χ3v) is 3.41. The fraction of sp³-hybridized carbons (Fsp3) is 0.0769. The first-order valence-corrected chi connectivity index (χ1v) is 6.82. The molecule has 0 spiro atoms. The summed E-state index contributed by atoms with van der Waals surface area (Å²) in [5, 5.41) is 11.6. The third-order valence-electron chi connectivity index (χ3n) is 2.63. The Kier molecular flexibility index (Phi) is 4.77. The van der Waals surface area contributed by atoms with Gasteiger partial charge in [0.2, 0.25) is 0 Å². The molecule has 0 amide bonds. The minimum Gasteiger partial charge on any atom is -0.486 e. The standard InChI is InChI=1S/C13H9Cl3N2O3/c14-8-4-9(15)13(10(16)5-8)21-6-7-1-2-12(18(19)20)11(17)3-7/h1-5H,6,17H2. The van der Waals surface area contributed by atoms with Crippen molar-refractivity contribution in [1.29, 1.82) is 0 Å². The van der Waals surface area contributed by atoms with Gasteiger partial charge in [-0.3, -0.25) is 10.1 Å². The summed E-state index contributed by atoms with van der Waals surface area (Å²) in [6, 6.07) is 7.35. The van der Waals surface area contributed by atoms with Gasteiger partial charge in [0.1, 0.15) is 12.3 Å². The van der Waals surface area contributed by atoms with Crippen molar-refractivity contribution in [3.8, 4) is 5.75 Å². The highest BCUT2D eigenvalue weighted by Crippen LogP contribution is 2.36. The molecule has 0 saturated heterocycles. The van der Waals surface area contributed by atoms with Crippen molar-refractivity contribution in [2.45, 2.75) is 6.61 Å². The van der Waals surface area contributed by atoms with Crippen LogP contribution in [0.5, 0.6) is 5.75 Å². The van der Waals surface area contributed by atoms with Gasteiger partial charge in [0.05, 0.1) is 15.0 Å². The van der Waals surface area contributed by atoms with Crippen LogP contribution in [0.1, 0.15) is 5.56 Å². The van der Waals surface area contributed by atoms with E-state index in [0.717, 1.165) is 0 Å². The van der Waals surface area contributed by atoms with Crippen LogP contribution < -0.4 is 10.5 Å². The van der Waals surface area contributed by atoms with E-state index in [-0.39, 0.29) is 28.0 Å². The van der Waals surface area contributed by atoms with Crippen molar-refractivity contribution in [1.82, 2.24) is 0 Å². The summed E-state index contributed by atoms with van der Waals surface area (Å²) in [6.07, 6.45) is 0. The summed E-state index contributed by atoms with van der Waals surface area (Å²) in [4.78, 5) is 10.1. The molecule has 0 aliphatic heterocycles. The number of nitro groups is 1. The van der Waals surface area contributed by atoms with Gasteiger partial charge in [0.25, 0.3) is 5.69 Å². The summed E-state index contributed by atoms with van der Waals surface area (Å²) in [5.41, 5.74) is 6.17. The SMILES string of the molecule is Nc1cc(COc2c(Cl)cc(Cl)cc2Cl)ccc1[N+](=O)[O-]. The Labute approximate surface area is 135 Å². The summed E-state index contributed by atoms with van der Waals surface area (Å²) < 4.78 is 5.52. The van der Waals surface area contributed by atoms with Gasteiger partial charge in [0, 0.05) is 11.1 Å². The molecule has 0 unspecified atom stereocenters. The van der Waals surface area contributed by atoms with E-state index in [1.165, 1.54) is 24.3 Å². The van der Waals surface area contributed by atoms with Gasteiger partial charge in [-0.15, -0.1) is 0 Å². The Bertz CT molecular complexity index is 684. The van der Waals surface area contributed by atoms with E-state index in [1.807, 2.05) is 0 Å². The maximum atomic E-state index is 10.7. The number of ether oxygens (including phenoxy) is 1. The first-order valence-electron chi connectivity index (χ1n) is 5.68. The second-order valence-electron chi connectivity index (χ2n) is 4.14. The zero-order valence-electron chi connectivity index (χ0n) is 10.5. The number of hydrogen-bond donors (Lipinski definition) is 1. The quantitative estimate of drug-likeness (QED) is 0.493. The Morgan fingerprint density at radius 3 is 2.29 bits per heavy atom. The summed E-state index contributed by atoms with van der Waals surface area (Å²) in [5.74, 6) is 0.291. The molecule has 2 N–H and O–H groups in total. The molecular formula is C13H9Cl3N2O3. The molecule has 2 aromatic rings. The van der Waals surface area contributed by atoms with E-state index in [9.17, 15) is 10.1 Å². The van der Waals surface area contributed by atoms with Crippen LogP contribution in [0.4, 0.5) is 11.4 Å². The number of halogens is 3. The van der Waals surface area contributed by atoms with Gasteiger partial charge in [-0.1, -0.05) is 34.8 Å². The Morgan fingerprint density at radius 1 is 1.14 bits per heavy atom. The van der Waals surface area contributed by atoms with Gasteiger partial charge in [-0.05, 0) is 29.8 Å². The molecule has 0 saturated carbocycles. The minimum atomic E-state index is -0.549. The molecule has 0 bridgehead atoms. The zero-order valence-corrected chi connectivity index (χ0v) is 12.7. The van der Waals surface area contributed by atoms with E-state index >= 15 is 0 Å². The van der Waals surface area contributed by atoms with Crippen molar-refractivity contribution in [3.63, 3.8) is 0 Å². The zero-order chi connectivity index (χ0) is 15.6. The highest BCUT2D eigenvalue weighted by molar-refractivity contribution is 6.40. The number of benzene rings is 2. The van der Waals surface area contributed by atoms with Crippen LogP contribution in [0.15, 0.2) is 30.3 Å². The number of rotatable bonds is 4. The molecule has 0 aliphatic carbocycles. The van der Waals surface area contributed by atoms with Crippen LogP contribution in [0.25, 0.3) is 0 Å². The van der Waals surface area contributed by atoms with Crippen LogP contribution >= 0.6 is 34.8 Å². The molecule has 21 heavy (non-hydrogen) atoms. The number of nitrogen functional groups attached to an aromatic ring is 1. The second-order valence-corrected chi connectivity index (χ2v) is 5.39. The summed E-state index contributed by atoms with van der Waals surface area (Å²) in [7, 11) is 0. The van der Waals surface area contributed by atoms with Crippen LogP contribution in [0.3, 0.4) is 0 Å². The van der Waals surface area contributed by atoms with Gasteiger partial charge < -0.3 is 10.5 Å². The van der Waals surface area contributed by atoms with Crippen LogP contribution in [0.2, 0.25) is 15.1 Å². The Morgan fingerprint density at radius 2 is 1.76 bits per heavy atom. The maximum Gasteiger partial charge on any atom is 0.292 e. The third kappa shape index (κ3) is 3.69. The van der Waals surface area contributed by atoms with Crippen LogP contribution in [-0.4, -0.2) is 4.92 Å². The average Bonchev–Trinajstić information content (AvgIpc) is 2.36. The van der Waals surface area contributed by atoms with E-state index in [0.29, 0.717) is 16.3 Å². The molecule has 8 heteroatoms. The molecule has 110 valence electrons. The Hall–Kier alpha value is -1.69. The number of hydrogen-bond acceptors (Lipinski definition) is 4. The van der Waals surface area contributed by atoms with Gasteiger partial charge in [0.15, 0.2) is 5.75 Å². The largest absolute Gasteiger partial charge is 0.486 e. The molecule has 5 nitrogen and oxygen atoms in total. The average molecular weight is 348 g/mol. The van der Waals surface area contributed by atoms with E-state index < -0.39 is 4.92 Å².